The van der Waals surface area contributed by atoms with E-state index in [9.17, 15) is 19.5 Å². The molecule has 12 nitrogen and oxygen atoms in total. The highest BCUT2D eigenvalue weighted by Crippen LogP contribution is 2.34. The van der Waals surface area contributed by atoms with E-state index in [1.54, 1.807) is 67.4 Å². The molecule has 4 N–H and O–H groups in total. The molecule has 12 heteroatoms. The molecule has 5 rings (SSSR count). The molecule has 226 valence electrons. The summed E-state index contributed by atoms with van der Waals surface area (Å²) >= 11 is 0. The van der Waals surface area contributed by atoms with Crippen molar-refractivity contribution in [3.05, 3.63) is 72.3 Å². The van der Waals surface area contributed by atoms with Gasteiger partial charge in [0.2, 0.25) is 6.79 Å². The molecule has 2 aliphatic rings. The topological polar surface area (TPSA) is 142 Å². The predicted octanol–water partition coefficient (Wildman–Crippen LogP) is 4.44. The number of anilines is 3. The Hall–Kier alpha value is -4.97. The minimum Gasteiger partial charge on any atom is -0.487 e. The number of aliphatic hydroxyl groups excluding tert-OH is 1. The molecule has 0 saturated heterocycles. The van der Waals surface area contributed by atoms with Crippen molar-refractivity contribution in [3.63, 3.8) is 0 Å². The van der Waals surface area contributed by atoms with Crippen LogP contribution < -0.4 is 30.2 Å². The van der Waals surface area contributed by atoms with Crippen LogP contribution >= 0.6 is 0 Å². The number of amides is 5. The third kappa shape index (κ3) is 6.92. The van der Waals surface area contributed by atoms with E-state index in [4.69, 9.17) is 14.2 Å². The maximum Gasteiger partial charge on any atom is 0.323 e. The van der Waals surface area contributed by atoms with Crippen LogP contribution in [-0.2, 0) is 0 Å². The van der Waals surface area contributed by atoms with Gasteiger partial charge in [-0.15, -0.1) is 0 Å². The fraction of sp³-hybridized carbons (Fsp3) is 0.323. The minimum absolute atomic E-state index is 0.124. The summed E-state index contributed by atoms with van der Waals surface area (Å²) in [5.74, 6) is 0.936. The lowest BCUT2D eigenvalue weighted by atomic mass is 9.99. The van der Waals surface area contributed by atoms with Crippen LogP contribution in [0.25, 0.3) is 0 Å². The molecule has 0 aromatic heterocycles. The van der Waals surface area contributed by atoms with Gasteiger partial charge in [0.15, 0.2) is 11.5 Å². The smallest absolute Gasteiger partial charge is 0.323 e. The zero-order valence-corrected chi connectivity index (χ0v) is 24.2. The molecule has 43 heavy (non-hydrogen) atoms. The second-order valence-corrected chi connectivity index (χ2v) is 10.7. The number of aliphatic hydroxyl groups is 1. The van der Waals surface area contributed by atoms with Gasteiger partial charge in [-0.05, 0) is 49.4 Å². The number of carbonyl (C=O) groups is 3. The molecular formula is C31H35N5O7. The fourth-order valence-corrected chi connectivity index (χ4v) is 4.88. The number of carbonyl (C=O) groups excluding carboxylic acids is 3. The summed E-state index contributed by atoms with van der Waals surface area (Å²) in [4.78, 5) is 42.5. The van der Waals surface area contributed by atoms with Gasteiger partial charge in [-0.1, -0.05) is 25.1 Å². The van der Waals surface area contributed by atoms with Crippen molar-refractivity contribution in [2.24, 2.45) is 5.92 Å². The van der Waals surface area contributed by atoms with E-state index in [-0.39, 0.29) is 43.4 Å². The van der Waals surface area contributed by atoms with Gasteiger partial charge < -0.3 is 45.1 Å². The van der Waals surface area contributed by atoms with Crippen molar-refractivity contribution in [3.8, 4) is 17.2 Å². The zero-order valence-electron chi connectivity index (χ0n) is 24.2. The Morgan fingerprint density at radius 1 is 0.953 bits per heavy atom. The van der Waals surface area contributed by atoms with Gasteiger partial charge in [0.1, 0.15) is 11.9 Å². The van der Waals surface area contributed by atoms with Crippen LogP contribution in [-0.4, -0.2) is 78.6 Å². The molecule has 3 aromatic carbocycles. The zero-order chi connectivity index (χ0) is 30.5. The molecule has 0 spiro atoms. The van der Waals surface area contributed by atoms with Gasteiger partial charge in [0, 0.05) is 42.6 Å². The number of rotatable bonds is 7. The normalized spacial score (nSPS) is 18.0. The first-order chi connectivity index (χ1) is 20.7. The van der Waals surface area contributed by atoms with Gasteiger partial charge in [0.25, 0.3) is 5.91 Å². The molecule has 5 amide bonds. The van der Waals surface area contributed by atoms with Gasteiger partial charge >= 0.3 is 12.1 Å². The molecule has 3 atom stereocenters. The SMILES string of the molecule is C[C@@H]1CN([C@H](C)CO)C(=O)c2cc(NC(=O)Nc3ccc4c(c3)OCO4)ccc2O[C@@H]1CN(C)C(=O)Nc1ccccc1. The van der Waals surface area contributed by atoms with E-state index in [2.05, 4.69) is 16.0 Å². The first-order valence-electron chi connectivity index (χ1n) is 14.0. The number of hydrogen-bond donors (Lipinski definition) is 4. The summed E-state index contributed by atoms with van der Waals surface area (Å²) in [5.41, 5.74) is 1.78. The Morgan fingerprint density at radius 3 is 2.35 bits per heavy atom. The Balaban J connectivity index is 1.34. The first kappa shape index (κ1) is 29.5. The van der Waals surface area contributed by atoms with E-state index in [1.165, 1.54) is 4.90 Å². The standard InChI is InChI=1S/C31H35N5O7/c1-19-15-36(20(2)17-37)29(38)24-13-22(32-30(39)33-23-10-12-26-27(14-23)42-18-41-26)9-11-25(24)43-28(19)16-35(3)31(40)34-21-7-5-4-6-8-21/h4-14,19-20,28,37H,15-18H2,1-3H3,(H,34,40)(H2,32,33,39)/t19-,20-,28-/m1/s1. The van der Waals surface area contributed by atoms with Crippen LogP contribution in [0, 0.1) is 5.92 Å². The van der Waals surface area contributed by atoms with Crippen molar-refractivity contribution in [2.45, 2.75) is 26.0 Å². The van der Waals surface area contributed by atoms with E-state index in [0.29, 0.717) is 40.9 Å². The van der Waals surface area contributed by atoms with E-state index in [0.717, 1.165) is 0 Å². The number of benzene rings is 3. The summed E-state index contributed by atoms with van der Waals surface area (Å²) in [6.07, 6.45) is -0.472. The lowest BCUT2D eigenvalue weighted by molar-refractivity contribution is 0.0371. The van der Waals surface area contributed by atoms with Crippen LogP contribution in [0.2, 0.25) is 0 Å². The van der Waals surface area contributed by atoms with Gasteiger partial charge in [-0.2, -0.15) is 0 Å². The quantitative estimate of drug-likeness (QED) is 0.319. The number of nitrogens with one attached hydrogen (secondary N) is 3. The van der Waals surface area contributed by atoms with E-state index < -0.39 is 18.2 Å². The Labute approximate surface area is 249 Å². The maximum absolute atomic E-state index is 13.7. The largest absolute Gasteiger partial charge is 0.487 e. The van der Waals surface area contributed by atoms with Gasteiger partial charge in [-0.25, -0.2) is 9.59 Å². The Morgan fingerprint density at radius 2 is 1.63 bits per heavy atom. The maximum atomic E-state index is 13.7. The summed E-state index contributed by atoms with van der Waals surface area (Å²) in [6, 6.07) is 17.7. The average Bonchev–Trinajstić information content (AvgIpc) is 3.47. The Bertz CT molecular complexity index is 1480. The third-order valence-corrected chi connectivity index (χ3v) is 7.38. The summed E-state index contributed by atoms with van der Waals surface area (Å²) in [5, 5.41) is 18.3. The summed E-state index contributed by atoms with van der Waals surface area (Å²) in [6.45, 7) is 4.14. The number of ether oxygens (including phenoxy) is 3. The number of urea groups is 2. The highest BCUT2D eigenvalue weighted by Gasteiger charge is 2.34. The highest BCUT2D eigenvalue weighted by molar-refractivity contribution is 6.02. The average molecular weight is 590 g/mol. The van der Waals surface area contributed by atoms with E-state index >= 15 is 0 Å². The lowest BCUT2D eigenvalue weighted by Crippen LogP contribution is -2.50. The van der Waals surface area contributed by atoms with E-state index in [1.807, 2.05) is 25.1 Å². The van der Waals surface area contributed by atoms with Crippen molar-refractivity contribution in [1.29, 1.82) is 0 Å². The second kappa shape index (κ2) is 12.9. The summed E-state index contributed by atoms with van der Waals surface area (Å²) in [7, 11) is 1.68. The van der Waals surface area contributed by atoms with Crippen molar-refractivity contribution >= 4 is 35.0 Å². The molecule has 0 fully saturated rings. The molecule has 0 bridgehead atoms. The molecule has 3 aromatic rings. The number of likely N-dealkylation sites (N-methyl/N-ethyl adjacent to an activating group) is 1. The van der Waals surface area contributed by atoms with Crippen LogP contribution in [0.5, 0.6) is 17.2 Å². The van der Waals surface area contributed by atoms with Crippen LogP contribution in [0.15, 0.2) is 66.7 Å². The van der Waals surface area contributed by atoms with Crippen molar-refractivity contribution in [2.75, 3.05) is 49.5 Å². The van der Waals surface area contributed by atoms with Gasteiger partial charge in [-0.3, -0.25) is 4.79 Å². The van der Waals surface area contributed by atoms with Crippen LogP contribution in [0.3, 0.4) is 0 Å². The number of fused-ring (bicyclic) bond motifs is 2. The fourth-order valence-electron chi connectivity index (χ4n) is 4.88. The molecule has 2 aliphatic heterocycles. The Kier molecular flexibility index (Phi) is 8.86. The third-order valence-electron chi connectivity index (χ3n) is 7.38. The molecular weight excluding hydrogens is 554 g/mol. The number of nitrogens with zero attached hydrogens (tertiary/aromatic N) is 2. The molecule has 0 aliphatic carbocycles. The second-order valence-electron chi connectivity index (χ2n) is 10.7. The molecule has 0 radical (unpaired) electrons. The predicted molar refractivity (Wildman–Crippen MR) is 161 cm³/mol. The van der Waals surface area contributed by atoms with Crippen LogP contribution in [0.4, 0.5) is 26.7 Å². The van der Waals surface area contributed by atoms with Crippen molar-refractivity contribution < 1.29 is 33.7 Å². The molecule has 0 saturated carbocycles. The minimum atomic E-state index is -0.517. The van der Waals surface area contributed by atoms with Crippen molar-refractivity contribution in [1.82, 2.24) is 9.80 Å². The molecule has 2 heterocycles. The monoisotopic (exact) mass is 589 g/mol. The lowest BCUT2D eigenvalue weighted by Gasteiger charge is -2.38. The highest BCUT2D eigenvalue weighted by atomic mass is 16.7. The first-order valence-corrected chi connectivity index (χ1v) is 14.0. The van der Waals surface area contributed by atoms with Gasteiger partial charge in [0.05, 0.1) is 24.8 Å². The summed E-state index contributed by atoms with van der Waals surface area (Å²) < 4.78 is 17.0. The van der Waals surface area contributed by atoms with Crippen LogP contribution in [0.1, 0.15) is 24.2 Å². The number of para-hydroxylation sites is 1. The number of hydrogen-bond acceptors (Lipinski definition) is 7. The molecule has 0 unspecified atom stereocenters.